The van der Waals surface area contributed by atoms with E-state index in [-0.39, 0.29) is 0 Å². The molecule has 258 valence electrons. The molecule has 0 atom stereocenters. The summed E-state index contributed by atoms with van der Waals surface area (Å²) in [6.07, 6.45) is 0. The maximum absolute atomic E-state index is 2.51. The summed E-state index contributed by atoms with van der Waals surface area (Å²) in [5.74, 6) is 0. The van der Waals surface area contributed by atoms with E-state index in [0.717, 1.165) is 0 Å². The lowest BCUT2D eigenvalue weighted by atomic mass is 9.80. The minimum Gasteiger partial charge on any atom is -0.0616 e. The molecule has 12 aromatic rings. The van der Waals surface area contributed by atoms with Crippen molar-refractivity contribution in [1.29, 1.82) is 0 Å². The average Bonchev–Trinajstić information content (AvgIpc) is 3.27. The SMILES string of the molecule is c1ccc2cc(-c3c4ccccc4c(-c4cc5ccc6ccccc6c5c5ccccc45)c4c3cc(-c3cccc5ccccc35)c3ccccc34)ccc2c1. The van der Waals surface area contributed by atoms with Crippen molar-refractivity contribution in [3.05, 3.63) is 206 Å². The van der Waals surface area contributed by atoms with Gasteiger partial charge in [0.05, 0.1) is 0 Å². The Labute approximate surface area is 324 Å². The Morgan fingerprint density at radius 1 is 0.196 bits per heavy atom. The molecule has 0 spiro atoms. The Morgan fingerprint density at radius 3 is 1.45 bits per heavy atom. The summed E-state index contributed by atoms with van der Waals surface area (Å²) in [5.41, 5.74) is 7.55. The quantitative estimate of drug-likeness (QED) is 0.127. The van der Waals surface area contributed by atoms with E-state index in [0.29, 0.717) is 0 Å². The zero-order chi connectivity index (χ0) is 36.7. The molecule has 0 aromatic heterocycles. The minimum atomic E-state index is 1.23. The summed E-state index contributed by atoms with van der Waals surface area (Å²) in [7, 11) is 0. The molecule has 0 aliphatic carbocycles. The highest BCUT2D eigenvalue weighted by molar-refractivity contribution is 6.33. The number of hydrogen-bond acceptors (Lipinski definition) is 0. The molecule has 0 saturated heterocycles. The Kier molecular flexibility index (Phi) is 6.73. The molecule has 0 nitrogen and oxygen atoms in total. The molecular weight excluding hydrogens is 673 g/mol. The summed E-state index contributed by atoms with van der Waals surface area (Å²) in [5, 5.41) is 20.3. The molecule has 12 aromatic carbocycles. The van der Waals surface area contributed by atoms with E-state index in [2.05, 4.69) is 206 Å². The lowest BCUT2D eigenvalue weighted by Crippen LogP contribution is -1.95. The van der Waals surface area contributed by atoms with Gasteiger partial charge in [0, 0.05) is 0 Å². The number of benzene rings is 12. The van der Waals surface area contributed by atoms with E-state index in [9.17, 15) is 0 Å². The standard InChI is InChI=1S/C56H34/c1-2-17-38-32-39(30-28-35(38)14-1)54-48-25-11-12-26-49(48)55(51-33-40-31-29-37-16-4-6-20-42(37)53(40)46-23-9-8-22-45(46)51)56-47-24-10-7-21-44(47)50(34-52(54)56)43-27-13-18-36-15-3-5-19-41(36)43/h1-34H. The van der Waals surface area contributed by atoms with Crippen LogP contribution in [0, 0.1) is 0 Å². The van der Waals surface area contributed by atoms with E-state index in [1.807, 2.05) is 0 Å². The highest BCUT2D eigenvalue weighted by Gasteiger charge is 2.23. The fraction of sp³-hybridized carbons (Fsp3) is 0. The van der Waals surface area contributed by atoms with Crippen LogP contribution in [0.1, 0.15) is 0 Å². The molecule has 0 heteroatoms. The molecule has 0 fully saturated rings. The maximum atomic E-state index is 2.51. The van der Waals surface area contributed by atoms with Gasteiger partial charge in [-0.2, -0.15) is 0 Å². The Bertz CT molecular complexity index is 3580. The fourth-order valence-corrected chi connectivity index (χ4v) is 9.74. The van der Waals surface area contributed by atoms with Gasteiger partial charge < -0.3 is 0 Å². The second-order valence-corrected chi connectivity index (χ2v) is 15.1. The van der Waals surface area contributed by atoms with Crippen LogP contribution in [0.25, 0.3) is 120 Å². The summed E-state index contributed by atoms with van der Waals surface area (Å²) >= 11 is 0. The molecule has 0 amide bonds. The van der Waals surface area contributed by atoms with Crippen LogP contribution in [0.2, 0.25) is 0 Å². The van der Waals surface area contributed by atoms with E-state index < -0.39 is 0 Å². The van der Waals surface area contributed by atoms with Crippen LogP contribution in [0.5, 0.6) is 0 Å². The summed E-state index contributed by atoms with van der Waals surface area (Å²) < 4.78 is 0. The number of hydrogen-bond donors (Lipinski definition) is 0. The molecule has 0 bridgehead atoms. The smallest absolute Gasteiger partial charge is 0.00134 e. The third-order valence-corrected chi connectivity index (χ3v) is 12.2. The molecule has 0 aliphatic heterocycles. The molecule has 0 heterocycles. The largest absolute Gasteiger partial charge is 0.0616 e. The van der Waals surface area contributed by atoms with Crippen molar-refractivity contribution in [2.24, 2.45) is 0 Å². The van der Waals surface area contributed by atoms with Crippen LogP contribution >= 0.6 is 0 Å². The van der Waals surface area contributed by atoms with E-state index in [1.165, 1.54) is 120 Å². The van der Waals surface area contributed by atoms with Crippen molar-refractivity contribution in [2.75, 3.05) is 0 Å². The molecule has 12 rings (SSSR count). The van der Waals surface area contributed by atoms with Crippen molar-refractivity contribution in [2.45, 2.75) is 0 Å². The van der Waals surface area contributed by atoms with Gasteiger partial charge in [0.15, 0.2) is 0 Å². The van der Waals surface area contributed by atoms with Crippen molar-refractivity contribution in [1.82, 2.24) is 0 Å². The third-order valence-electron chi connectivity index (χ3n) is 12.2. The monoisotopic (exact) mass is 706 g/mol. The van der Waals surface area contributed by atoms with Crippen LogP contribution in [-0.2, 0) is 0 Å². The Morgan fingerprint density at radius 2 is 0.696 bits per heavy atom. The predicted octanol–water partition coefficient (Wildman–Crippen LogP) is 15.9. The van der Waals surface area contributed by atoms with Crippen LogP contribution in [0.15, 0.2) is 206 Å². The van der Waals surface area contributed by atoms with Gasteiger partial charge in [0.25, 0.3) is 0 Å². The third kappa shape index (κ3) is 4.54. The van der Waals surface area contributed by atoms with Gasteiger partial charge in [0.1, 0.15) is 0 Å². The molecule has 0 aliphatic rings. The summed E-state index contributed by atoms with van der Waals surface area (Å²) in [6, 6.07) is 76.9. The van der Waals surface area contributed by atoms with Gasteiger partial charge in [-0.25, -0.2) is 0 Å². The predicted molar refractivity (Wildman–Crippen MR) is 243 cm³/mol. The van der Waals surface area contributed by atoms with Gasteiger partial charge >= 0.3 is 0 Å². The number of fused-ring (bicyclic) bond motifs is 11. The first-order chi connectivity index (χ1) is 27.8. The molecule has 56 heavy (non-hydrogen) atoms. The highest BCUT2D eigenvalue weighted by Crippen LogP contribution is 2.51. The van der Waals surface area contributed by atoms with Crippen LogP contribution in [0.3, 0.4) is 0 Å². The normalized spacial score (nSPS) is 11.9. The summed E-state index contributed by atoms with van der Waals surface area (Å²) in [4.78, 5) is 0. The van der Waals surface area contributed by atoms with Gasteiger partial charge in [0.2, 0.25) is 0 Å². The van der Waals surface area contributed by atoms with Crippen LogP contribution in [-0.4, -0.2) is 0 Å². The van der Waals surface area contributed by atoms with Crippen molar-refractivity contribution >= 4 is 86.2 Å². The Balaban J connectivity index is 1.32. The van der Waals surface area contributed by atoms with Gasteiger partial charge in [-0.3, -0.25) is 0 Å². The Hall–Kier alpha value is -7.28. The first kappa shape index (κ1) is 31.1. The molecule has 0 saturated carbocycles. The van der Waals surface area contributed by atoms with Gasteiger partial charge in [-0.15, -0.1) is 0 Å². The topological polar surface area (TPSA) is 0 Å². The second-order valence-electron chi connectivity index (χ2n) is 15.1. The lowest BCUT2D eigenvalue weighted by molar-refractivity contribution is 1.68. The van der Waals surface area contributed by atoms with E-state index in [1.54, 1.807) is 0 Å². The van der Waals surface area contributed by atoms with Gasteiger partial charge in [-0.05, 0) is 138 Å². The van der Waals surface area contributed by atoms with Crippen molar-refractivity contribution in [3.8, 4) is 33.4 Å². The zero-order valence-corrected chi connectivity index (χ0v) is 30.6. The van der Waals surface area contributed by atoms with E-state index in [4.69, 9.17) is 0 Å². The van der Waals surface area contributed by atoms with Crippen molar-refractivity contribution < 1.29 is 0 Å². The summed E-state index contributed by atoms with van der Waals surface area (Å²) in [6.45, 7) is 0. The first-order valence-corrected chi connectivity index (χ1v) is 19.5. The molecule has 0 radical (unpaired) electrons. The zero-order valence-electron chi connectivity index (χ0n) is 30.6. The molecule has 0 unspecified atom stereocenters. The molecule has 0 N–H and O–H groups in total. The van der Waals surface area contributed by atoms with Gasteiger partial charge in [-0.1, -0.05) is 188 Å². The maximum Gasteiger partial charge on any atom is -0.00134 e. The van der Waals surface area contributed by atoms with Crippen LogP contribution in [0.4, 0.5) is 0 Å². The molecular formula is C56H34. The fourth-order valence-electron chi connectivity index (χ4n) is 9.74. The second kappa shape index (κ2) is 12.1. The highest BCUT2D eigenvalue weighted by atomic mass is 14.3. The average molecular weight is 707 g/mol. The lowest BCUT2D eigenvalue weighted by Gasteiger charge is -2.23. The number of rotatable bonds is 3. The minimum absolute atomic E-state index is 1.23. The van der Waals surface area contributed by atoms with Crippen LogP contribution < -0.4 is 0 Å². The first-order valence-electron chi connectivity index (χ1n) is 19.5. The van der Waals surface area contributed by atoms with E-state index >= 15 is 0 Å². The van der Waals surface area contributed by atoms with Crippen molar-refractivity contribution in [3.63, 3.8) is 0 Å².